The van der Waals surface area contributed by atoms with Gasteiger partial charge in [0.25, 0.3) is 11.8 Å². The topological polar surface area (TPSA) is 76.7 Å². The first-order valence-electron chi connectivity index (χ1n) is 9.86. The van der Waals surface area contributed by atoms with Crippen molar-refractivity contribution in [3.05, 3.63) is 59.2 Å². The van der Waals surface area contributed by atoms with E-state index in [-0.39, 0.29) is 6.61 Å². The van der Waals surface area contributed by atoms with E-state index in [1.165, 1.54) is 0 Å². The van der Waals surface area contributed by atoms with Crippen LogP contribution in [0.3, 0.4) is 0 Å². The number of rotatable bonds is 8. The van der Waals surface area contributed by atoms with Crippen molar-refractivity contribution in [3.63, 3.8) is 0 Å². The first-order valence-corrected chi connectivity index (χ1v) is 9.86. The Morgan fingerprint density at radius 3 is 2.28 bits per heavy atom. The first-order chi connectivity index (χ1) is 13.8. The minimum atomic E-state index is -0.762. The van der Waals surface area contributed by atoms with Gasteiger partial charge in [0.05, 0.1) is 0 Å². The fourth-order valence-electron chi connectivity index (χ4n) is 2.87. The summed E-state index contributed by atoms with van der Waals surface area (Å²) in [5.74, 6) is 0.788. The van der Waals surface area contributed by atoms with Crippen molar-refractivity contribution in [3.8, 4) is 11.5 Å². The molecular formula is C23H30N2O4. The Morgan fingerprint density at radius 1 is 0.966 bits per heavy atom. The van der Waals surface area contributed by atoms with Crippen LogP contribution in [0, 0.1) is 13.8 Å². The molecule has 6 heteroatoms. The Hall–Kier alpha value is -3.02. The highest BCUT2D eigenvalue weighted by molar-refractivity contribution is 5.85. The van der Waals surface area contributed by atoms with Gasteiger partial charge in [0.1, 0.15) is 11.5 Å². The van der Waals surface area contributed by atoms with Gasteiger partial charge in [0.15, 0.2) is 12.7 Å². The van der Waals surface area contributed by atoms with Crippen LogP contribution in [0.5, 0.6) is 11.5 Å². The number of carbonyl (C=O) groups excluding carboxylic acids is 2. The second-order valence-electron chi connectivity index (χ2n) is 7.15. The van der Waals surface area contributed by atoms with Crippen molar-refractivity contribution in [2.24, 2.45) is 0 Å². The zero-order chi connectivity index (χ0) is 21.4. The van der Waals surface area contributed by atoms with Gasteiger partial charge in [-0.2, -0.15) is 0 Å². The van der Waals surface area contributed by atoms with E-state index in [1.807, 2.05) is 56.3 Å². The molecule has 2 unspecified atom stereocenters. The van der Waals surface area contributed by atoms with Crippen molar-refractivity contribution < 1.29 is 19.1 Å². The Morgan fingerprint density at radius 2 is 1.62 bits per heavy atom. The summed E-state index contributed by atoms with van der Waals surface area (Å²) < 4.78 is 11.4. The average molecular weight is 399 g/mol. The molecule has 0 aliphatic carbocycles. The number of amides is 2. The number of hydrogen-bond donors (Lipinski definition) is 2. The molecule has 0 aromatic heterocycles. The van der Waals surface area contributed by atoms with E-state index < -0.39 is 17.9 Å². The van der Waals surface area contributed by atoms with Gasteiger partial charge in [-0.3, -0.25) is 20.4 Å². The Bertz CT molecular complexity index is 830. The van der Waals surface area contributed by atoms with Crippen molar-refractivity contribution in [1.29, 1.82) is 0 Å². The molecule has 0 aliphatic heterocycles. The first kappa shape index (κ1) is 22.3. The summed E-state index contributed by atoms with van der Waals surface area (Å²) in [6.45, 7) is 9.49. The second kappa shape index (κ2) is 10.5. The number of ether oxygens (including phenoxy) is 2. The second-order valence-corrected chi connectivity index (χ2v) is 7.15. The molecule has 2 N–H and O–H groups in total. The third-order valence-electron chi connectivity index (χ3n) is 4.82. The summed E-state index contributed by atoms with van der Waals surface area (Å²) in [4.78, 5) is 24.3. The molecule has 0 heterocycles. The largest absolute Gasteiger partial charge is 0.483 e. The average Bonchev–Trinajstić information content (AvgIpc) is 2.72. The molecule has 0 radical (unpaired) electrons. The molecule has 2 amide bonds. The highest BCUT2D eigenvalue weighted by Gasteiger charge is 2.18. The molecule has 2 rings (SSSR count). The van der Waals surface area contributed by atoms with Gasteiger partial charge in [-0.05, 0) is 55.9 Å². The molecule has 156 valence electrons. The van der Waals surface area contributed by atoms with Crippen molar-refractivity contribution in [2.75, 3.05) is 6.61 Å². The Labute approximate surface area is 172 Å². The number of hydrazine groups is 1. The number of nitrogens with one attached hydrogen (secondary N) is 2. The van der Waals surface area contributed by atoms with E-state index in [1.54, 1.807) is 6.92 Å². The molecule has 0 bridgehead atoms. The smallest absolute Gasteiger partial charge is 0.279 e. The highest BCUT2D eigenvalue weighted by atomic mass is 16.5. The third kappa shape index (κ3) is 6.24. The highest BCUT2D eigenvalue weighted by Crippen LogP contribution is 2.28. The summed E-state index contributed by atoms with van der Waals surface area (Å²) in [6, 6.07) is 13.4. The van der Waals surface area contributed by atoms with Gasteiger partial charge < -0.3 is 9.47 Å². The third-order valence-corrected chi connectivity index (χ3v) is 4.82. The predicted molar refractivity (Wildman–Crippen MR) is 113 cm³/mol. The molecule has 0 fully saturated rings. The SMILES string of the molecule is CCC(C)c1ccccc1OCC(=O)NNC(=O)C(C)Oc1c(C)cccc1C. The van der Waals surface area contributed by atoms with Crippen LogP contribution in [0.15, 0.2) is 42.5 Å². The Balaban J connectivity index is 1.84. The molecule has 2 atom stereocenters. The van der Waals surface area contributed by atoms with Crippen LogP contribution in [-0.2, 0) is 9.59 Å². The summed E-state index contributed by atoms with van der Waals surface area (Å²) in [5.41, 5.74) is 7.70. The molecule has 6 nitrogen and oxygen atoms in total. The number of benzene rings is 2. The lowest BCUT2D eigenvalue weighted by atomic mass is 9.98. The van der Waals surface area contributed by atoms with E-state index in [9.17, 15) is 9.59 Å². The van der Waals surface area contributed by atoms with Crippen molar-refractivity contribution in [1.82, 2.24) is 10.9 Å². The quantitative estimate of drug-likeness (QED) is 0.663. The van der Waals surface area contributed by atoms with Crippen molar-refractivity contribution in [2.45, 2.75) is 53.1 Å². The molecule has 2 aromatic carbocycles. The van der Waals surface area contributed by atoms with Crippen LogP contribution in [0.1, 0.15) is 49.8 Å². The fraction of sp³-hybridized carbons (Fsp3) is 0.391. The van der Waals surface area contributed by atoms with Gasteiger partial charge in [0, 0.05) is 0 Å². The van der Waals surface area contributed by atoms with Crippen molar-refractivity contribution >= 4 is 11.8 Å². The zero-order valence-corrected chi connectivity index (χ0v) is 17.7. The van der Waals surface area contributed by atoms with Gasteiger partial charge in [-0.25, -0.2) is 0 Å². The lowest BCUT2D eigenvalue weighted by Crippen LogP contribution is -2.48. The predicted octanol–water partition coefficient (Wildman–Crippen LogP) is 3.81. The summed E-state index contributed by atoms with van der Waals surface area (Å²) in [5, 5.41) is 0. The minimum Gasteiger partial charge on any atom is -0.483 e. The summed E-state index contributed by atoms with van der Waals surface area (Å²) in [7, 11) is 0. The molecule has 29 heavy (non-hydrogen) atoms. The number of carbonyl (C=O) groups is 2. The lowest BCUT2D eigenvalue weighted by molar-refractivity contribution is -0.133. The number of para-hydroxylation sites is 2. The van der Waals surface area contributed by atoms with E-state index in [2.05, 4.69) is 24.7 Å². The lowest BCUT2D eigenvalue weighted by Gasteiger charge is -2.18. The summed E-state index contributed by atoms with van der Waals surface area (Å²) >= 11 is 0. The molecule has 0 aliphatic rings. The van der Waals surface area contributed by atoms with Gasteiger partial charge in [-0.1, -0.05) is 50.2 Å². The van der Waals surface area contributed by atoms with Gasteiger partial charge in [-0.15, -0.1) is 0 Å². The molecule has 2 aromatic rings. The Kier molecular flexibility index (Phi) is 8.07. The van der Waals surface area contributed by atoms with Crippen LogP contribution in [0.2, 0.25) is 0 Å². The molecular weight excluding hydrogens is 368 g/mol. The van der Waals surface area contributed by atoms with Crippen LogP contribution in [0.25, 0.3) is 0 Å². The van der Waals surface area contributed by atoms with Crippen LogP contribution < -0.4 is 20.3 Å². The molecule has 0 saturated heterocycles. The standard InChI is InChI=1S/C23H30N2O4/c1-6-15(2)19-12-7-8-13-20(19)28-14-21(26)24-25-23(27)18(5)29-22-16(3)10-9-11-17(22)4/h7-13,15,18H,6,14H2,1-5H3,(H,24,26)(H,25,27). The van der Waals surface area contributed by atoms with E-state index in [0.29, 0.717) is 17.4 Å². The van der Waals surface area contributed by atoms with Crippen LogP contribution in [-0.4, -0.2) is 24.5 Å². The fourth-order valence-corrected chi connectivity index (χ4v) is 2.87. The van der Waals surface area contributed by atoms with Gasteiger partial charge >= 0.3 is 0 Å². The zero-order valence-electron chi connectivity index (χ0n) is 17.7. The van der Waals surface area contributed by atoms with E-state index in [4.69, 9.17) is 9.47 Å². The number of aryl methyl sites for hydroxylation is 2. The maximum atomic E-state index is 12.2. The van der Waals surface area contributed by atoms with Crippen LogP contribution in [0.4, 0.5) is 0 Å². The van der Waals surface area contributed by atoms with E-state index in [0.717, 1.165) is 23.1 Å². The van der Waals surface area contributed by atoms with Gasteiger partial charge in [0.2, 0.25) is 0 Å². The molecule has 0 spiro atoms. The maximum absolute atomic E-state index is 12.2. The molecule has 0 saturated carbocycles. The number of hydrogen-bond acceptors (Lipinski definition) is 4. The maximum Gasteiger partial charge on any atom is 0.279 e. The normalized spacial score (nSPS) is 12.6. The van der Waals surface area contributed by atoms with E-state index >= 15 is 0 Å². The summed E-state index contributed by atoms with van der Waals surface area (Å²) in [6.07, 6.45) is 0.211. The monoisotopic (exact) mass is 398 g/mol. The minimum absolute atomic E-state index is 0.195. The van der Waals surface area contributed by atoms with Crippen LogP contribution >= 0.6 is 0 Å².